The SMILES string of the molecule is Nc1ccc(C(=O)Nc2ccc(C(=O)O)cc2)c(F)c1. The van der Waals surface area contributed by atoms with E-state index in [1.54, 1.807) is 0 Å². The Morgan fingerprint density at radius 2 is 1.75 bits per heavy atom. The molecule has 0 aliphatic rings. The van der Waals surface area contributed by atoms with Crippen molar-refractivity contribution < 1.29 is 19.1 Å². The zero-order valence-corrected chi connectivity index (χ0v) is 10.3. The Balaban J connectivity index is 2.17. The number of nitrogen functional groups attached to an aromatic ring is 1. The lowest BCUT2D eigenvalue weighted by molar-refractivity contribution is 0.0696. The van der Waals surface area contributed by atoms with E-state index in [1.807, 2.05) is 0 Å². The maximum Gasteiger partial charge on any atom is 0.335 e. The number of aromatic carboxylic acids is 1. The highest BCUT2D eigenvalue weighted by atomic mass is 19.1. The maximum atomic E-state index is 13.6. The predicted molar refractivity (Wildman–Crippen MR) is 72.2 cm³/mol. The summed E-state index contributed by atoms with van der Waals surface area (Å²) in [4.78, 5) is 22.5. The van der Waals surface area contributed by atoms with Crippen LogP contribution in [-0.2, 0) is 0 Å². The summed E-state index contributed by atoms with van der Waals surface area (Å²) in [5, 5.41) is 11.2. The number of carboxylic acid groups (broad SMARTS) is 1. The van der Waals surface area contributed by atoms with Crippen molar-refractivity contribution in [1.82, 2.24) is 0 Å². The van der Waals surface area contributed by atoms with Gasteiger partial charge in [0, 0.05) is 11.4 Å². The van der Waals surface area contributed by atoms with E-state index in [-0.39, 0.29) is 16.8 Å². The molecule has 0 heterocycles. The van der Waals surface area contributed by atoms with E-state index in [0.29, 0.717) is 5.69 Å². The molecule has 6 heteroatoms. The van der Waals surface area contributed by atoms with Crippen LogP contribution in [0.25, 0.3) is 0 Å². The van der Waals surface area contributed by atoms with Crippen molar-refractivity contribution in [2.45, 2.75) is 0 Å². The Morgan fingerprint density at radius 1 is 1.10 bits per heavy atom. The topological polar surface area (TPSA) is 92.4 Å². The lowest BCUT2D eigenvalue weighted by Gasteiger charge is -2.07. The van der Waals surface area contributed by atoms with Gasteiger partial charge in [-0.05, 0) is 42.5 Å². The fraction of sp³-hybridized carbons (Fsp3) is 0. The average Bonchev–Trinajstić information content (AvgIpc) is 2.39. The standard InChI is InChI=1S/C14H11FN2O3/c15-12-7-9(16)3-6-11(12)13(18)17-10-4-1-8(2-5-10)14(19)20/h1-7H,16H2,(H,17,18)(H,19,20). The number of carbonyl (C=O) groups excluding carboxylic acids is 1. The quantitative estimate of drug-likeness (QED) is 0.749. The van der Waals surface area contributed by atoms with Gasteiger partial charge in [0.25, 0.3) is 5.91 Å². The smallest absolute Gasteiger partial charge is 0.335 e. The third kappa shape index (κ3) is 2.92. The molecule has 0 bridgehead atoms. The summed E-state index contributed by atoms with van der Waals surface area (Å²) < 4.78 is 13.6. The highest BCUT2D eigenvalue weighted by molar-refractivity contribution is 6.04. The molecule has 2 aromatic carbocycles. The lowest BCUT2D eigenvalue weighted by atomic mass is 10.1. The number of nitrogens with one attached hydrogen (secondary N) is 1. The monoisotopic (exact) mass is 274 g/mol. The minimum Gasteiger partial charge on any atom is -0.478 e. The molecule has 0 aliphatic carbocycles. The number of anilines is 2. The van der Waals surface area contributed by atoms with Gasteiger partial charge in [0.15, 0.2) is 0 Å². The van der Waals surface area contributed by atoms with Crippen LogP contribution in [0.4, 0.5) is 15.8 Å². The molecule has 20 heavy (non-hydrogen) atoms. The highest BCUT2D eigenvalue weighted by Gasteiger charge is 2.12. The zero-order chi connectivity index (χ0) is 14.7. The summed E-state index contributed by atoms with van der Waals surface area (Å²) in [5.41, 5.74) is 5.96. The summed E-state index contributed by atoms with van der Waals surface area (Å²) in [6.07, 6.45) is 0. The molecule has 0 saturated heterocycles. The van der Waals surface area contributed by atoms with Gasteiger partial charge in [-0.15, -0.1) is 0 Å². The van der Waals surface area contributed by atoms with Crippen molar-refractivity contribution in [2.75, 3.05) is 11.1 Å². The van der Waals surface area contributed by atoms with Crippen LogP contribution in [-0.4, -0.2) is 17.0 Å². The van der Waals surface area contributed by atoms with E-state index in [9.17, 15) is 14.0 Å². The molecule has 0 spiro atoms. The Bertz CT molecular complexity index is 669. The number of hydrogen-bond acceptors (Lipinski definition) is 3. The molecule has 2 aromatic rings. The second kappa shape index (κ2) is 5.40. The van der Waals surface area contributed by atoms with Crippen LogP contribution >= 0.6 is 0 Å². The molecule has 102 valence electrons. The number of benzene rings is 2. The number of hydrogen-bond donors (Lipinski definition) is 3. The molecule has 2 rings (SSSR count). The summed E-state index contributed by atoms with van der Waals surface area (Å²) in [6.45, 7) is 0. The minimum absolute atomic E-state index is 0.0988. The third-order valence-electron chi connectivity index (χ3n) is 2.63. The predicted octanol–water partition coefficient (Wildman–Crippen LogP) is 2.36. The first-order valence-corrected chi connectivity index (χ1v) is 5.67. The van der Waals surface area contributed by atoms with Gasteiger partial charge in [-0.3, -0.25) is 4.79 Å². The van der Waals surface area contributed by atoms with Gasteiger partial charge in [-0.2, -0.15) is 0 Å². The van der Waals surface area contributed by atoms with Gasteiger partial charge in [0.05, 0.1) is 11.1 Å². The first-order chi connectivity index (χ1) is 9.47. The molecule has 5 nitrogen and oxygen atoms in total. The van der Waals surface area contributed by atoms with Crippen molar-refractivity contribution in [3.05, 3.63) is 59.4 Å². The van der Waals surface area contributed by atoms with Crippen LogP contribution < -0.4 is 11.1 Å². The Morgan fingerprint density at radius 3 is 2.30 bits per heavy atom. The van der Waals surface area contributed by atoms with E-state index in [1.165, 1.54) is 36.4 Å². The summed E-state index contributed by atoms with van der Waals surface area (Å²) in [5.74, 6) is -2.41. The molecule has 0 atom stereocenters. The average molecular weight is 274 g/mol. The van der Waals surface area contributed by atoms with Crippen LogP contribution in [0.5, 0.6) is 0 Å². The van der Waals surface area contributed by atoms with Crippen LogP contribution in [0.1, 0.15) is 20.7 Å². The second-order valence-electron chi connectivity index (χ2n) is 4.08. The summed E-state index contributed by atoms with van der Waals surface area (Å²) in [6, 6.07) is 9.31. The number of rotatable bonds is 3. The van der Waals surface area contributed by atoms with Crippen molar-refractivity contribution in [3.63, 3.8) is 0 Å². The van der Waals surface area contributed by atoms with Crippen LogP contribution in [0.15, 0.2) is 42.5 Å². The van der Waals surface area contributed by atoms with Crippen molar-refractivity contribution in [2.24, 2.45) is 0 Å². The largest absolute Gasteiger partial charge is 0.478 e. The molecule has 0 fully saturated rings. The van der Waals surface area contributed by atoms with E-state index in [0.717, 1.165) is 6.07 Å². The van der Waals surface area contributed by atoms with Crippen molar-refractivity contribution in [3.8, 4) is 0 Å². The van der Waals surface area contributed by atoms with Crippen molar-refractivity contribution in [1.29, 1.82) is 0 Å². The maximum absolute atomic E-state index is 13.6. The van der Waals surface area contributed by atoms with Crippen LogP contribution in [0.2, 0.25) is 0 Å². The molecule has 0 unspecified atom stereocenters. The Labute approximate surface area is 113 Å². The first kappa shape index (κ1) is 13.5. The highest BCUT2D eigenvalue weighted by Crippen LogP contribution is 2.15. The minimum atomic E-state index is -1.06. The molecule has 0 aliphatic heterocycles. The summed E-state index contributed by atoms with van der Waals surface area (Å²) in [7, 11) is 0. The normalized spacial score (nSPS) is 10.1. The molecule has 0 aromatic heterocycles. The van der Waals surface area contributed by atoms with Gasteiger partial charge < -0.3 is 16.2 Å². The Hall–Kier alpha value is -2.89. The van der Waals surface area contributed by atoms with Gasteiger partial charge >= 0.3 is 5.97 Å². The van der Waals surface area contributed by atoms with E-state index >= 15 is 0 Å². The van der Waals surface area contributed by atoms with Crippen LogP contribution in [0, 0.1) is 5.82 Å². The zero-order valence-electron chi connectivity index (χ0n) is 10.3. The number of carboxylic acids is 1. The molecular weight excluding hydrogens is 263 g/mol. The third-order valence-corrected chi connectivity index (χ3v) is 2.63. The van der Waals surface area contributed by atoms with Gasteiger partial charge in [0.1, 0.15) is 5.82 Å². The fourth-order valence-electron chi connectivity index (χ4n) is 1.61. The number of halogens is 1. The number of carbonyl (C=O) groups is 2. The molecule has 1 amide bonds. The lowest BCUT2D eigenvalue weighted by Crippen LogP contribution is -2.14. The summed E-state index contributed by atoms with van der Waals surface area (Å²) >= 11 is 0. The molecule has 0 saturated carbocycles. The van der Waals surface area contributed by atoms with Gasteiger partial charge in [0.2, 0.25) is 0 Å². The molecule has 0 radical (unpaired) electrons. The van der Waals surface area contributed by atoms with Gasteiger partial charge in [-0.1, -0.05) is 0 Å². The van der Waals surface area contributed by atoms with E-state index in [4.69, 9.17) is 10.8 Å². The molecule has 4 N–H and O–H groups in total. The fourth-order valence-corrected chi connectivity index (χ4v) is 1.61. The second-order valence-corrected chi connectivity index (χ2v) is 4.08. The van der Waals surface area contributed by atoms with E-state index in [2.05, 4.69) is 5.32 Å². The molecular formula is C14H11FN2O3. The van der Waals surface area contributed by atoms with Crippen LogP contribution in [0.3, 0.4) is 0 Å². The van der Waals surface area contributed by atoms with Crippen molar-refractivity contribution >= 4 is 23.3 Å². The van der Waals surface area contributed by atoms with Gasteiger partial charge in [-0.25, -0.2) is 9.18 Å². The van der Waals surface area contributed by atoms with E-state index < -0.39 is 17.7 Å². The number of amides is 1. The number of nitrogens with two attached hydrogens (primary N) is 1. The Kier molecular flexibility index (Phi) is 3.65. The first-order valence-electron chi connectivity index (χ1n) is 5.67.